The van der Waals surface area contributed by atoms with E-state index in [1.54, 1.807) is 17.2 Å². The van der Waals surface area contributed by atoms with Crippen LogP contribution in [0.4, 0.5) is 5.69 Å². The Kier molecular flexibility index (Phi) is 3.05. The van der Waals surface area contributed by atoms with E-state index in [0.717, 1.165) is 12.8 Å². The summed E-state index contributed by atoms with van der Waals surface area (Å²) >= 11 is 0. The van der Waals surface area contributed by atoms with Gasteiger partial charge < -0.3 is 15.7 Å². The first-order valence-electron chi connectivity index (χ1n) is 5.35. The molecular weight excluding hydrogens is 206 g/mol. The molecule has 0 bridgehead atoms. The summed E-state index contributed by atoms with van der Waals surface area (Å²) in [4.78, 5) is 17.7. The minimum Gasteiger partial charge on any atom is -0.398 e. The molecule has 1 amide bonds. The molecule has 0 aliphatic heterocycles. The molecule has 0 aromatic carbocycles. The van der Waals surface area contributed by atoms with Crippen molar-refractivity contribution in [3.8, 4) is 0 Å². The molecule has 5 nitrogen and oxygen atoms in total. The van der Waals surface area contributed by atoms with E-state index in [-0.39, 0.29) is 18.6 Å². The van der Waals surface area contributed by atoms with Crippen molar-refractivity contribution < 1.29 is 9.90 Å². The third kappa shape index (κ3) is 2.14. The predicted octanol–water partition coefficient (Wildman–Crippen LogP) is 0.261. The van der Waals surface area contributed by atoms with Crippen LogP contribution in [0.5, 0.6) is 0 Å². The Morgan fingerprint density at radius 3 is 2.94 bits per heavy atom. The van der Waals surface area contributed by atoms with Gasteiger partial charge in [-0.2, -0.15) is 0 Å². The van der Waals surface area contributed by atoms with Crippen LogP contribution in [-0.2, 0) is 0 Å². The largest absolute Gasteiger partial charge is 0.398 e. The highest BCUT2D eigenvalue weighted by Gasteiger charge is 2.33. The second kappa shape index (κ2) is 4.49. The van der Waals surface area contributed by atoms with E-state index in [1.165, 1.54) is 6.20 Å². The van der Waals surface area contributed by atoms with Crippen LogP contribution in [0.25, 0.3) is 0 Å². The third-order valence-corrected chi connectivity index (χ3v) is 2.67. The van der Waals surface area contributed by atoms with Crippen LogP contribution in [0.3, 0.4) is 0 Å². The number of carbonyl (C=O) groups excluding carboxylic acids is 1. The van der Waals surface area contributed by atoms with Gasteiger partial charge in [-0.3, -0.25) is 9.78 Å². The molecule has 0 spiro atoms. The highest BCUT2D eigenvalue weighted by atomic mass is 16.3. The number of carbonyl (C=O) groups is 1. The second-order valence-electron chi connectivity index (χ2n) is 3.92. The Balaban J connectivity index is 2.19. The molecule has 1 aliphatic rings. The predicted molar refractivity (Wildman–Crippen MR) is 59.8 cm³/mol. The van der Waals surface area contributed by atoms with Crippen LogP contribution in [0, 0.1) is 0 Å². The molecule has 5 heteroatoms. The van der Waals surface area contributed by atoms with Gasteiger partial charge in [0, 0.05) is 30.7 Å². The first-order valence-corrected chi connectivity index (χ1v) is 5.35. The fourth-order valence-corrected chi connectivity index (χ4v) is 1.68. The first-order chi connectivity index (χ1) is 7.74. The number of rotatable bonds is 4. The van der Waals surface area contributed by atoms with Gasteiger partial charge in [-0.1, -0.05) is 0 Å². The molecule has 1 fully saturated rings. The summed E-state index contributed by atoms with van der Waals surface area (Å²) < 4.78 is 0. The van der Waals surface area contributed by atoms with Crippen LogP contribution < -0.4 is 5.73 Å². The number of aromatic nitrogens is 1. The van der Waals surface area contributed by atoms with E-state index < -0.39 is 0 Å². The van der Waals surface area contributed by atoms with Gasteiger partial charge >= 0.3 is 0 Å². The number of pyridine rings is 1. The highest BCUT2D eigenvalue weighted by Crippen LogP contribution is 2.28. The van der Waals surface area contributed by atoms with Crippen LogP contribution in [-0.4, -0.2) is 40.1 Å². The zero-order valence-corrected chi connectivity index (χ0v) is 8.97. The minimum absolute atomic E-state index is 0.0254. The fraction of sp³-hybridized carbons (Fsp3) is 0.455. The van der Waals surface area contributed by atoms with Crippen LogP contribution in [0.1, 0.15) is 23.2 Å². The maximum atomic E-state index is 12.1. The highest BCUT2D eigenvalue weighted by molar-refractivity contribution is 5.99. The number of nitrogens with two attached hydrogens (primary N) is 1. The van der Waals surface area contributed by atoms with Crippen LogP contribution in [0.15, 0.2) is 18.5 Å². The molecule has 2 rings (SSSR count). The first kappa shape index (κ1) is 10.9. The zero-order chi connectivity index (χ0) is 11.5. The Morgan fingerprint density at radius 2 is 2.38 bits per heavy atom. The third-order valence-electron chi connectivity index (χ3n) is 2.67. The van der Waals surface area contributed by atoms with Gasteiger partial charge in [0.15, 0.2) is 0 Å². The van der Waals surface area contributed by atoms with Crippen molar-refractivity contribution in [2.75, 3.05) is 18.9 Å². The molecule has 1 saturated carbocycles. The number of anilines is 1. The monoisotopic (exact) mass is 221 g/mol. The quantitative estimate of drug-likeness (QED) is 0.764. The number of hydrogen-bond donors (Lipinski definition) is 2. The van der Waals surface area contributed by atoms with E-state index in [4.69, 9.17) is 10.8 Å². The lowest BCUT2D eigenvalue weighted by Crippen LogP contribution is -2.35. The Bertz CT molecular complexity index is 391. The van der Waals surface area contributed by atoms with Gasteiger partial charge in [0.2, 0.25) is 0 Å². The summed E-state index contributed by atoms with van der Waals surface area (Å²) in [5.41, 5.74) is 6.58. The molecule has 1 aromatic rings. The second-order valence-corrected chi connectivity index (χ2v) is 3.92. The average molecular weight is 221 g/mol. The lowest BCUT2D eigenvalue weighted by Gasteiger charge is -2.21. The van der Waals surface area contributed by atoms with Crippen molar-refractivity contribution >= 4 is 11.6 Å². The SMILES string of the molecule is Nc1ccncc1C(=O)N(CCO)C1CC1. The van der Waals surface area contributed by atoms with Gasteiger partial charge in [-0.15, -0.1) is 0 Å². The topological polar surface area (TPSA) is 79.5 Å². The van der Waals surface area contributed by atoms with Crippen LogP contribution in [0.2, 0.25) is 0 Å². The number of hydrogen-bond acceptors (Lipinski definition) is 4. The van der Waals surface area contributed by atoms with E-state index in [2.05, 4.69) is 4.98 Å². The molecule has 0 unspecified atom stereocenters. The van der Waals surface area contributed by atoms with Crippen molar-refractivity contribution in [1.29, 1.82) is 0 Å². The van der Waals surface area contributed by atoms with Crippen molar-refractivity contribution in [1.82, 2.24) is 9.88 Å². The molecule has 3 N–H and O–H groups in total. The smallest absolute Gasteiger partial charge is 0.257 e. The van der Waals surface area contributed by atoms with Crippen molar-refractivity contribution in [3.05, 3.63) is 24.0 Å². The number of aliphatic hydroxyl groups is 1. The summed E-state index contributed by atoms with van der Waals surface area (Å²) in [5.74, 6) is -0.137. The summed E-state index contributed by atoms with van der Waals surface area (Å²) in [6.45, 7) is 0.334. The van der Waals surface area contributed by atoms with E-state index in [9.17, 15) is 4.79 Å². The van der Waals surface area contributed by atoms with Crippen molar-refractivity contribution in [2.45, 2.75) is 18.9 Å². The van der Waals surface area contributed by atoms with Gasteiger partial charge in [-0.05, 0) is 18.9 Å². The molecule has 0 atom stereocenters. The van der Waals surface area contributed by atoms with E-state index in [1.807, 2.05) is 0 Å². The summed E-state index contributed by atoms with van der Waals surface area (Å²) in [7, 11) is 0. The Morgan fingerprint density at radius 1 is 1.62 bits per heavy atom. The molecule has 1 heterocycles. The molecule has 1 aromatic heterocycles. The standard InChI is InChI=1S/C11H15N3O2/c12-10-3-4-13-7-9(10)11(16)14(5-6-15)8-1-2-8/h3-4,7-8,15H,1-2,5-6H2,(H2,12,13). The van der Waals surface area contributed by atoms with Gasteiger partial charge in [-0.25, -0.2) is 0 Å². The Labute approximate surface area is 93.9 Å². The number of nitrogens with zero attached hydrogens (tertiary/aromatic N) is 2. The number of nitrogen functional groups attached to an aromatic ring is 1. The zero-order valence-electron chi connectivity index (χ0n) is 8.97. The fourth-order valence-electron chi connectivity index (χ4n) is 1.68. The van der Waals surface area contributed by atoms with Crippen molar-refractivity contribution in [3.63, 3.8) is 0 Å². The molecule has 1 aliphatic carbocycles. The molecule has 0 radical (unpaired) electrons. The number of amides is 1. The maximum Gasteiger partial charge on any atom is 0.257 e. The lowest BCUT2D eigenvalue weighted by atomic mass is 10.2. The summed E-state index contributed by atoms with van der Waals surface area (Å²) in [5, 5.41) is 8.94. The summed E-state index contributed by atoms with van der Waals surface area (Å²) in [6.07, 6.45) is 5.04. The average Bonchev–Trinajstić information content (AvgIpc) is 3.09. The van der Waals surface area contributed by atoms with Gasteiger partial charge in [0.25, 0.3) is 5.91 Å². The van der Waals surface area contributed by atoms with E-state index >= 15 is 0 Å². The summed E-state index contributed by atoms with van der Waals surface area (Å²) in [6, 6.07) is 1.87. The molecule has 86 valence electrons. The van der Waals surface area contributed by atoms with Gasteiger partial charge in [0.1, 0.15) is 0 Å². The molecule has 0 saturated heterocycles. The molecule has 16 heavy (non-hydrogen) atoms. The Hall–Kier alpha value is -1.62. The lowest BCUT2D eigenvalue weighted by molar-refractivity contribution is 0.0708. The van der Waals surface area contributed by atoms with Crippen LogP contribution >= 0.6 is 0 Å². The molecular formula is C11H15N3O2. The van der Waals surface area contributed by atoms with E-state index in [0.29, 0.717) is 17.8 Å². The normalized spacial score (nSPS) is 14.8. The van der Waals surface area contributed by atoms with Crippen molar-refractivity contribution in [2.24, 2.45) is 0 Å². The van der Waals surface area contributed by atoms with Gasteiger partial charge in [0.05, 0.1) is 12.2 Å². The minimum atomic E-state index is -0.137. The number of aliphatic hydroxyl groups excluding tert-OH is 1. The maximum absolute atomic E-state index is 12.1.